The number of hydrogen-bond donors (Lipinski definition) is 1. The van der Waals surface area contributed by atoms with Crippen molar-refractivity contribution in [2.75, 3.05) is 6.26 Å². The van der Waals surface area contributed by atoms with E-state index in [0.717, 1.165) is 6.26 Å². The minimum absolute atomic E-state index is 0.145. The Kier molecular flexibility index (Phi) is 4.48. The van der Waals surface area contributed by atoms with Gasteiger partial charge in [0.25, 0.3) is 0 Å². The maximum absolute atomic E-state index is 12.0. The fourth-order valence-corrected chi connectivity index (χ4v) is 2.36. The van der Waals surface area contributed by atoms with Crippen LogP contribution in [0.2, 0.25) is 0 Å². The molecule has 1 heterocycles. The highest BCUT2D eigenvalue weighted by atomic mass is 32.2. The Morgan fingerprint density at radius 1 is 1.29 bits per heavy atom. The molecule has 8 nitrogen and oxygen atoms in total. The number of nitrogens with zero attached hydrogens (tertiary/aromatic N) is 4. The highest BCUT2D eigenvalue weighted by Crippen LogP contribution is 2.36. The smallest absolute Gasteiger partial charge is 0.305 e. The molecule has 0 fully saturated rings. The fourth-order valence-electron chi connectivity index (χ4n) is 1.89. The van der Waals surface area contributed by atoms with Crippen molar-refractivity contribution >= 4 is 15.8 Å². The van der Waals surface area contributed by atoms with Crippen molar-refractivity contribution in [1.29, 1.82) is 0 Å². The second-order valence-corrected chi connectivity index (χ2v) is 9.27. The van der Waals surface area contributed by atoms with Gasteiger partial charge < -0.3 is 5.11 Å². The first-order valence-corrected chi connectivity index (χ1v) is 8.37. The molecule has 0 aliphatic heterocycles. The van der Waals surface area contributed by atoms with Crippen LogP contribution in [-0.4, -0.2) is 46.0 Å². The molecule has 0 bridgehead atoms. The predicted molar refractivity (Wildman–Crippen MR) is 76.4 cm³/mol. The molecule has 0 saturated carbocycles. The number of aliphatic carboxylic acids is 1. The first-order chi connectivity index (χ1) is 9.28. The Balaban J connectivity index is 3.45. The van der Waals surface area contributed by atoms with Crippen molar-refractivity contribution in [3.05, 3.63) is 5.82 Å². The topological polar surface area (TPSA) is 115 Å². The normalized spacial score (nSPS) is 15.0. The molecule has 1 aromatic heterocycles. The molecule has 0 saturated heterocycles. The first-order valence-electron chi connectivity index (χ1n) is 6.48. The summed E-state index contributed by atoms with van der Waals surface area (Å²) in [4.78, 5) is 11.1. The first kappa shape index (κ1) is 17.5. The van der Waals surface area contributed by atoms with Crippen LogP contribution in [0.25, 0.3) is 0 Å². The highest BCUT2D eigenvalue weighted by molar-refractivity contribution is 7.91. The number of hydrogen-bond acceptors (Lipinski definition) is 6. The van der Waals surface area contributed by atoms with E-state index in [0.29, 0.717) is 0 Å². The number of carboxylic acids is 1. The third kappa shape index (κ3) is 3.58. The number of carbonyl (C=O) groups is 1. The van der Waals surface area contributed by atoms with Gasteiger partial charge in [-0.1, -0.05) is 20.8 Å². The van der Waals surface area contributed by atoms with Crippen molar-refractivity contribution in [1.82, 2.24) is 20.2 Å². The number of sulfone groups is 1. The predicted octanol–water partition coefficient (Wildman–Crippen LogP) is 1.01. The molecule has 0 aliphatic rings. The van der Waals surface area contributed by atoms with Crippen molar-refractivity contribution in [2.24, 2.45) is 5.41 Å². The third-order valence-corrected chi connectivity index (χ3v) is 5.66. The second kappa shape index (κ2) is 5.36. The molecule has 0 spiro atoms. The maximum atomic E-state index is 12.0. The molecule has 1 N–H and O–H groups in total. The molecule has 120 valence electrons. The molecule has 0 radical (unpaired) electrons. The second-order valence-electron chi connectivity index (χ2n) is 6.71. The van der Waals surface area contributed by atoms with Gasteiger partial charge in [0.2, 0.25) is 0 Å². The number of tetrazole rings is 1. The standard InChI is InChI=1S/C12H22N4O4S/c1-11(2,3)8(7-9(17)18)16-10(13-14-15-16)12(4,5)21(6,19)20/h8H,7H2,1-6H3,(H,17,18). The van der Waals surface area contributed by atoms with Crippen LogP contribution in [0, 0.1) is 5.41 Å². The highest BCUT2D eigenvalue weighted by Gasteiger charge is 2.41. The SMILES string of the molecule is CC(C)(C)C(CC(=O)O)n1nnnc1C(C)(C)S(C)(=O)=O. The molecular formula is C12H22N4O4S. The minimum atomic E-state index is -3.47. The van der Waals surface area contributed by atoms with Gasteiger partial charge in [-0.2, -0.15) is 0 Å². The summed E-state index contributed by atoms with van der Waals surface area (Å²) in [6, 6.07) is -0.555. The third-order valence-electron chi connectivity index (χ3n) is 3.62. The van der Waals surface area contributed by atoms with Gasteiger partial charge in [-0.15, -0.1) is 5.10 Å². The zero-order chi connectivity index (χ0) is 16.6. The molecule has 1 unspecified atom stereocenters. The summed E-state index contributed by atoms with van der Waals surface area (Å²) < 4.78 is 24.0. The van der Waals surface area contributed by atoms with Crippen LogP contribution in [0.4, 0.5) is 0 Å². The molecule has 1 rings (SSSR count). The van der Waals surface area contributed by atoms with Crippen LogP contribution in [0.3, 0.4) is 0 Å². The Morgan fingerprint density at radius 3 is 2.19 bits per heavy atom. The van der Waals surface area contributed by atoms with E-state index in [4.69, 9.17) is 5.11 Å². The van der Waals surface area contributed by atoms with E-state index >= 15 is 0 Å². The lowest BCUT2D eigenvalue weighted by Gasteiger charge is -2.32. The van der Waals surface area contributed by atoms with Gasteiger partial charge in [0.15, 0.2) is 15.7 Å². The van der Waals surface area contributed by atoms with Gasteiger partial charge in [0.05, 0.1) is 12.5 Å². The monoisotopic (exact) mass is 318 g/mol. The van der Waals surface area contributed by atoms with Crippen LogP contribution >= 0.6 is 0 Å². The van der Waals surface area contributed by atoms with Gasteiger partial charge >= 0.3 is 5.97 Å². The zero-order valence-corrected chi connectivity index (χ0v) is 14.0. The summed E-state index contributed by atoms with van der Waals surface area (Å²) in [7, 11) is -3.47. The average Bonchev–Trinajstić information content (AvgIpc) is 2.71. The Hall–Kier alpha value is -1.51. The van der Waals surface area contributed by atoms with E-state index in [1.165, 1.54) is 18.5 Å². The van der Waals surface area contributed by atoms with Crippen LogP contribution in [-0.2, 0) is 19.4 Å². The average molecular weight is 318 g/mol. The molecular weight excluding hydrogens is 296 g/mol. The van der Waals surface area contributed by atoms with Gasteiger partial charge in [0.1, 0.15) is 4.75 Å². The molecule has 1 aromatic rings. The van der Waals surface area contributed by atoms with Gasteiger partial charge in [-0.3, -0.25) is 4.79 Å². The lowest BCUT2D eigenvalue weighted by atomic mass is 9.84. The van der Waals surface area contributed by atoms with Crippen molar-refractivity contribution in [2.45, 2.75) is 51.8 Å². The van der Waals surface area contributed by atoms with Crippen LogP contribution in [0.1, 0.15) is 52.9 Å². The van der Waals surface area contributed by atoms with Crippen molar-refractivity contribution in [3.8, 4) is 0 Å². The number of rotatable bonds is 5. The number of carboxylic acid groups (broad SMARTS) is 1. The summed E-state index contributed by atoms with van der Waals surface area (Å²) in [5, 5.41) is 20.3. The molecule has 0 amide bonds. The van der Waals surface area contributed by atoms with Gasteiger partial charge in [0, 0.05) is 6.26 Å². The zero-order valence-electron chi connectivity index (χ0n) is 13.2. The van der Waals surface area contributed by atoms with Crippen molar-refractivity contribution < 1.29 is 18.3 Å². The Morgan fingerprint density at radius 2 is 1.81 bits per heavy atom. The maximum Gasteiger partial charge on any atom is 0.305 e. The lowest BCUT2D eigenvalue weighted by Crippen LogP contribution is -2.36. The fraction of sp³-hybridized carbons (Fsp3) is 0.833. The van der Waals surface area contributed by atoms with Gasteiger partial charge in [-0.05, 0) is 29.7 Å². The van der Waals surface area contributed by atoms with Crippen LogP contribution in [0.15, 0.2) is 0 Å². The summed E-state index contributed by atoms with van der Waals surface area (Å²) in [6.07, 6.45) is 0.913. The molecule has 21 heavy (non-hydrogen) atoms. The molecule has 1 atom stereocenters. The van der Waals surface area contributed by atoms with E-state index in [2.05, 4.69) is 15.5 Å². The largest absolute Gasteiger partial charge is 0.481 e. The van der Waals surface area contributed by atoms with Crippen LogP contribution in [0.5, 0.6) is 0 Å². The van der Waals surface area contributed by atoms with Crippen molar-refractivity contribution in [3.63, 3.8) is 0 Å². The Labute approximate surface area is 124 Å². The minimum Gasteiger partial charge on any atom is -0.481 e. The van der Waals surface area contributed by atoms with E-state index in [9.17, 15) is 13.2 Å². The Bertz CT molecular complexity index is 628. The van der Waals surface area contributed by atoms with E-state index in [-0.39, 0.29) is 12.2 Å². The van der Waals surface area contributed by atoms with E-state index < -0.39 is 32.0 Å². The summed E-state index contributed by atoms with van der Waals surface area (Å²) in [5.41, 5.74) is -0.448. The summed E-state index contributed by atoms with van der Waals surface area (Å²) >= 11 is 0. The van der Waals surface area contributed by atoms with E-state index in [1.807, 2.05) is 20.8 Å². The summed E-state index contributed by atoms with van der Waals surface area (Å²) in [5.74, 6) is -0.847. The van der Waals surface area contributed by atoms with Crippen LogP contribution < -0.4 is 0 Å². The molecule has 9 heteroatoms. The summed E-state index contributed by atoms with van der Waals surface area (Å²) in [6.45, 7) is 8.59. The van der Waals surface area contributed by atoms with Gasteiger partial charge in [-0.25, -0.2) is 13.1 Å². The number of aromatic nitrogens is 4. The lowest BCUT2D eigenvalue weighted by molar-refractivity contribution is -0.138. The quantitative estimate of drug-likeness (QED) is 0.861. The molecule has 0 aromatic carbocycles. The van der Waals surface area contributed by atoms with E-state index in [1.54, 1.807) is 0 Å². The molecule has 0 aliphatic carbocycles.